The largest absolute Gasteiger partial charge is 0.393 e. The molecule has 10 heteroatoms. The van der Waals surface area contributed by atoms with E-state index in [0.717, 1.165) is 79.0 Å². The molecule has 5 aromatic rings. The summed E-state index contributed by atoms with van der Waals surface area (Å²) in [4.78, 5) is 25.6. The number of ether oxygens (including phenoxy) is 1. The van der Waals surface area contributed by atoms with Crippen LogP contribution in [-0.4, -0.2) is 67.6 Å². The summed E-state index contributed by atoms with van der Waals surface area (Å²) in [5, 5.41) is 19.0. The van der Waals surface area contributed by atoms with Crippen LogP contribution in [0.4, 0.5) is 5.82 Å². The van der Waals surface area contributed by atoms with Crippen LogP contribution in [0.15, 0.2) is 67.1 Å². The Bertz CT molecular complexity index is 1740. The molecule has 2 aliphatic rings. The Kier molecular flexibility index (Phi) is 7.54. The predicted octanol–water partition coefficient (Wildman–Crippen LogP) is 4.77. The molecule has 1 saturated heterocycles. The number of aliphatic hydroxyl groups excluding tert-OH is 1. The van der Waals surface area contributed by atoms with Gasteiger partial charge in [-0.05, 0) is 56.2 Å². The minimum absolute atomic E-state index is 0.0712. The fourth-order valence-electron chi connectivity index (χ4n) is 6.54. The number of anilines is 1. The predicted molar refractivity (Wildman–Crippen MR) is 165 cm³/mol. The average Bonchev–Trinajstić information content (AvgIpc) is 3.64. The number of rotatable bonds is 7. The van der Waals surface area contributed by atoms with Crippen LogP contribution < -0.4 is 10.2 Å². The number of nitrogens with one attached hydrogen (secondary N) is 1. The van der Waals surface area contributed by atoms with Gasteiger partial charge in [0.15, 0.2) is 5.65 Å². The molecule has 0 radical (unpaired) electrons. The molecule has 5 heterocycles. The summed E-state index contributed by atoms with van der Waals surface area (Å²) < 4.78 is 9.66. The molecule has 2 fully saturated rings. The molecule has 222 valence electrons. The first kappa shape index (κ1) is 27.5. The van der Waals surface area contributed by atoms with E-state index < -0.39 is 0 Å². The van der Waals surface area contributed by atoms with Crippen molar-refractivity contribution in [2.75, 3.05) is 25.2 Å². The van der Waals surface area contributed by atoms with Gasteiger partial charge in [-0.15, -0.1) is 0 Å². The highest BCUT2D eigenvalue weighted by Crippen LogP contribution is 2.35. The molecule has 7 rings (SSSR count). The second-order valence-corrected chi connectivity index (χ2v) is 11.8. The van der Waals surface area contributed by atoms with Crippen molar-refractivity contribution in [1.82, 2.24) is 29.5 Å². The molecule has 1 amide bonds. The van der Waals surface area contributed by atoms with E-state index >= 15 is 0 Å². The second kappa shape index (κ2) is 11.8. The van der Waals surface area contributed by atoms with Gasteiger partial charge in [0.1, 0.15) is 17.0 Å². The summed E-state index contributed by atoms with van der Waals surface area (Å²) >= 11 is 0. The van der Waals surface area contributed by atoms with Gasteiger partial charge in [-0.1, -0.05) is 30.3 Å². The van der Waals surface area contributed by atoms with Gasteiger partial charge in [0.25, 0.3) is 5.91 Å². The van der Waals surface area contributed by atoms with Gasteiger partial charge in [-0.3, -0.25) is 4.79 Å². The number of carbonyl (C=O) groups excluding carboxylic acids is 1. The smallest absolute Gasteiger partial charge is 0.256 e. The van der Waals surface area contributed by atoms with Crippen molar-refractivity contribution in [2.24, 2.45) is 0 Å². The summed E-state index contributed by atoms with van der Waals surface area (Å²) in [5.41, 5.74) is 4.73. The van der Waals surface area contributed by atoms with Crippen molar-refractivity contribution in [2.45, 2.75) is 63.3 Å². The Morgan fingerprint density at radius 1 is 1.09 bits per heavy atom. The molecule has 1 aromatic carbocycles. The first-order valence-corrected chi connectivity index (χ1v) is 15.2. The topological polar surface area (TPSA) is 110 Å². The van der Waals surface area contributed by atoms with Gasteiger partial charge >= 0.3 is 0 Å². The lowest BCUT2D eigenvalue weighted by Gasteiger charge is -2.26. The molecule has 2 N–H and O–H groups in total. The third-order valence-electron chi connectivity index (χ3n) is 8.78. The normalized spacial score (nSPS) is 19.6. The maximum absolute atomic E-state index is 13.6. The lowest BCUT2D eigenvalue weighted by atomic mass is 9.93. The number of hydrogen-bond donors (Lipinski definition) is 2. The van der Waals surface area contributed by atoms with E-state index in [1.807, 2.05) is 37.5 Å². The van der Waals surface area contributed by atoms with Gasteiger partial charge in [-0.2, -0.15) is 9.61 Å². The molecule has 1 saturated carbocycles. The van der Waals surface area contributed by atoms with Gasteiger partial charge in [0, 0.05) is 68.3 Å². The molecule has 1 unspecified atom stereocenters. The number of aromatic nitrogens is 5. The number of hydrogen-bond acceptors (Lipinski definition) is 7. The van der Waals surface area contributed by atoms with Crippen molar-refractivity contribution in [1.29, 1.82) is 0 Å². The van der Waals surface area contributed by atoms with Crippen molar-refractivity contribution < 1.29 is 14.6 Å². The lowest BCUT2D eigenvalue weighted by molar-refractivity contribution is 0.0706. The number of amides is 1. The number of aliphatic hydroxyl groups is 1. The molecule has 0 bridgehead atoms. The number of carbonyl (C=O) groups is 1. The van der Waals surface area contributed by atoms with Crippen LogP contribution in [0.25, 0.3) is 27.9 Å². The highest BCUT2D eigenvalue weighted by atomic mass is 16.5. The van der Waals surface area contributed by atoms with E-state index in [4.69, 9.17) is 14.7 Å². The van der Waals surface area contributed by atoms with Crippen molar-refractivity contribution in [3.8, 4) is 11.3 Å². The number of benzene rings is 1. The average molecular weight is 580 g/mol. The molecule has 43 heavy (non-hydrogen) atoms. The van der Waals surface area contributed by atoms with Gasteiger partial charge in [0.2, 0.25) is 0 Å². The van der Waals surface area contributed by atoms with Crippen molar-refractivity contribution >= 4 is 28.4 Å². The molecule has 4 aromatic heterocycles. The fourth-order valence-corrected chi connectivity index (χ4v) is 6.54. The molecular weight excluding hydrogens is 542 g/mol. The Hall–Kier alpha value is -4.28. The first-order valence-electron chi connectivity index (χ1n) is 15.2. The molecule has 0 spiro atoms. The van der Waals surface area contributed by atoms with E-state index in [-0.39, 0.29) is 18.1 Å². The van der Waals surface area contributed by atoms with Crippen LogP contribution in [0.1, 0.15) is 60.5 Å². The van der Waals surface area contributed by atoms with Crippen LogP contribution in [-0.2, 0) is 11.3 Å². The molecule has 10 nitrogen and oxygen atoms in total. The minimum atomic E-state index is -0.382. The zero-order valence-electron chi connectivity index (χ0n) is 24.4. The molecule has 2 atom stereocenters. The SMILES string of the molecule is CN(Cc1ccccc1)c1cc(-c2cn(C3CCOCC3)c3ncccc23)nc2c(C(=O)NC3CCC[C@@H](O)C3)cnn12. The summed E-state index contributed by atoms with van der Waals surface area (Å²) in [6, 6.07) is 16.6. The summed E-state index contributed by atoms with van der Waals surface area (Å²) in [6.07, 6.45) is 10.2. The number of fused-ring (bicyclic) bond motifs is 2. The van der Waals surface area contributed by atoms with E-state index in [0.29, 0.717) is 30.2 Å². The highest BCUT2D eigenvalue weighted by Gasteiger charge is 2.26. The maximum atomic E-state index is 13.6. The number of pyridine rings is 1. The van der Waals surface area contributed by atoms with Crippen LogP contribution in [0.3, 0.4) is 0 Å². The Labute approximate surface area is 250 Å². The van der Waals surface area contributed by atoms with E-state index in [9.17, 15) is 9.90 Å². The third kappa shape index (κ3) is 5.48. The Morgan fingerprint density at radius 3 is 2.74 bits per heavy atom. The monoisotopic (exact) mass is 579 g/mol. The fraction of sp³-hybridized carbons (Fsp3) is 0.394. The Balaban J connectivity index is 1.34. The van der Waals surface area contributed by atoms with Crippen LogP contribution in [0.2, 0.25) is 0 Å². The quantitative estimate of drug-likeness (QED) is 0.286. The maximum Gasteiger partial charge on any atom is 0.256 e. The summed E-state index contributed by atoms with van der Waals surface area (Å²) in [6.45, 7) is 2.13. The molecule has 1 aliphatic carbocycles. The van der Waals surface area contributed by atoms with Crippen LogP contribution in [0.5, 0.6) is 0 Å². The van der Waals surface area contributed by atoms with Crippen molar-refractivity contribution in [3.63, 3.8) is 0 Å². The first-order chi connectivity index (χ1) is 21.0. The van der Waals surface area contributed by atoms with Crippen LogP contribution >= 0.6 is 0 Å². The van der Waals surface area contributed by atoms with E-state index in [1.54, 1.807) is 10.7 Å². The molecule has 1 aliphatic heterocycles. The second-order valence-electron chi connectivity index (χ2n) is 11.8. The summed E-state index contributed by atoms with van der Waals surface area (Å²) in [7, 11) is 2.03. The third-order valence-corrected chi connectivity index (χ3v) is 8.78. The van der Waals surface area contributed by atoms with E-state index in [2.05, 4.69) is 50.3 Å². The Morgan fingerprint density at radius 2 is 1.93 bits per heavy atom. The standard InChI is InChI=1S/C33H37N7O3/c1-38(20-22-7-3-2-4-8-22)30-18-29(28-21-39(24-12-15-43-16-13-24)31-26(28)11-6-14-34-31)37-32-27(19-35-40(30)32)33(42)36-23-9-5-10-25(41)17-23/h2-4,6-8,11,14,18-19,21,23-25,41H,5,9-10,12-13,15-17,20H2,1H3,(H,36,42)/t23?,25-/m1/s1. The van der Waals surface area contributed by atoms with E-state index in [1.165, 1.54) is 0 Å². The lowest BCUT2D eigenvalue weighted by Crippen LogP contribution is -2.39. The van der Waals surface area contributed by atoms with Crippen LogP contribution in [0, 0.1) is 0 Å². The zero-order valence-corrected chi connectivity index (χ0v) is 24.4. The number of nitrogens with zero attached hydrogens (tertiary/aromatic N) is 6. The highest BCUT2D eigenvalue weighted by molar-refractivity contribution is 6.01. The van der Waals surface area contributed by atoms with Gasteiger partial charge < -0.3 is 24.6 Å². The van der Waals surface area contributed by atoms with Gasteiger partial charge in [0.05, 0.1) is 18.0 Å². The summed E-state index contributed by atoms with van der Waals surface area (Å²) in [5.74, 6) is 0.605. The minimum Gasteiger partial charge on any atom is -0.393 e. The molecular formula is C33H37N7O3. The van der Waals surface area contributed by atoms with Crippen molar-refractivity contribution in [3.05, 3.63) is 78.2 Å². The van der Waals surface area contributed by atoms with Gasteiger partial charge in [-0.25, -0.2) is 9.97 Å². The zero-order chi connectivity index (χ0) is 29.3.